The summed E-state index contributed by atoms with van der Waals surface area (Å²) in [6, 6.07) is 0.224. The molecule has 1 rings (SSSR count). The summed E-state index contributed by atoms with van der Waals surface area (Å²) in [6.45, 7) is 3.99. The number of aryl methyl sites for hydroxylation is 1. The average molecular weight is 276 g/mol. The molecule has 1 aromatic rings. The highest BCUT2D eigenvalue weighted by Crippen LogP contribution is 2.16. The second kappa shape index (κ2) is 4.94. The van der Waals surface area contributed by atoms with E-state index >= 15 is 0 Å². The topological polar surface area (TPSA) is 20.3 Å². The van der Waals surface area contributed by atoms with Crippen LogP contribution in [0.5, 0.6) is 0 Å². The summed E-state index contributed by atoms with van der Waals surface area (Å²) < 4.78 is 0. The van der Waals surface area contributed by atoms with Crippen molar-refractivity contribution in [2.45, 2.75) is 19.9 Å². The van der Waals surface area contributed by atoms with Gasteiger partial charge in [0.2, 0.25) is 0 Å². The molecule has 4 heteroatoms. The van der Waals surface area contributed by atoms with Gasteiger partial charge in [0.15, 0.2) is 0 Å². The Hall–Kier alpha value is -0.350. The summed E-state index contributed by atoms with van der Waals surface area (Å²) in [7, 11) is 1.84. The zero-order chi connectivity index (χ0) is 10.7. The Kier molecular flexibility index (Phi) is 4.13. The molecule has 0 bridgehead atoms. The van der Waals surface area contributed by atoms with E-state index in [2.05, 4.69) is 15.9 Å². The smallest absolute Gasteiger partial charge is 0.254 e. The van der Waals surface area contributed by atoms with Crippen molar-refractivity contribution in [2.24, 2.45) is 0 Å². The van der Waals surface area contributed by atoms with Crippen LogP contribution in [0.4, 0.5) is 0 Å². The molecule has 0 saturated heterocycles. The van der Waals surface area contributed by atoms with E-state index in [4.69, 9.17) is 0 Å². The minimum Gasteiger partial charge on any atom is -0.338 e. The van der Waals surface area contributed by atoms with E-state index in [0.717, 1.165) is 16.5 Å². The fraction of sp³-hybridized carbons (Fsp3) is 0.500. The highest BCUT2D eigenvalue weighted by Gasteiger charge is 2.18. The van der Waals surface area contributed by atoms with Gasteiger partial charge in [-0.05, 0) is 24.8 Å². The molecule has 1 heterocycles. The Labute approximate surface area is 97.1 Å². The highest BCUT2D eigenvalue weighted by molar-refractivity contribution is 9.09. The van der Waals surface area contributed by atoms with Gasteiger partial charge in [-0.15, -0.1) is 0 Å². The van der Waals surface area contributed by atoms with Crippen molar-refractivity contribution in [2.75, 3.05) is 12.4 Å². The van der Waals surface area contributed by atoms with E-state index in [9.17, 15) is 4.79 Å². The summed E-state index contributed by atoms with van der Waals surface area (Å²) >= 11 is 4.95. The van der Waals surface area contributed by atoms with Gasteiger partial charge in [-0.3, -0.25) is 4.79 Å². The molecule has 0 saturated carbocycles. The molecule has 0 aliphatic heterocycles. The first-order valence-electron chi connectivity index (χ1n) is 4.43. The van der Waals surface area contributed by atoms with Crippen LogP contribution in [0.1, 0.15) is 22.8 Å². The van der Waals surface area contributed by atoms with Crippen molar-refractivity contribution in [3.63, 3.8) is 0 Å². The van der Waals surface area contributed by atoms with Crippen LogP contribution < -0.4 is 0 Å². The zero-order valence-electron chi connectivity index (χ0n) is 8.58. The number of hydrogen-bond donors (Lipinski definition) is 0. The Morgan fingerprint density at radius 1 is 1.64 bits per heavy atom. The summed E-state index contributed by atoms with van der Waals surface area (Å²) in [6.07, 6.45) is 0. The molecule has 0 fully saturated rings. The number of thiophene rings is 1. The second-order valence-electron chi connectivity index (χ2n) is 3.39. The monoisotopic (exact) mass is 275 g/mol. The van der Waals surface area contributed by atoms with Crippen LogP contribution in [-0.4, -0.2) is 29.2 Å². The lowest BCUT2D eigenvalue weighted by molar-refractivity contribution is 0.0758. The largest absolute Gasteiger partial charge is 0.338 e. The van der Waals surface area contributed by atoms with Crippen molar-refractivity contribution >= 4 is 33.2 Å². The standard InChI is InChI=1S/C10H14BrNOS/c1-7-5-14-6-9(7)10(13)12(3)8(2)4-11/h5-6,8H,4H2,1-3H3. The maximum atomic E-state index is 11.9. The van der Waals surface area contributed by atoms with Crippen LogP contribution in [0, 0.1) is 6.92 Å². The van der Waals surface area contributed by atoms with Crippen molar-refractivity contribution in [3.05, 3.63) is 21.9 Å². The number of hydrogen-bond acceptors (Lipinski definition) is 2. The molecule has 14 heavy (non-hydrogen) atoms. The van der Waals surface area contributed by atoms with Crippen molar-refractivity contribution in [1.29, 1.82) is 0 Å². The highest BCUT2D eigenvalue weighted by atomic mass is 79.9. The summed E-state index contributed by atoms with van der Waals surface area (Å²) in [5, 5.41) is 4.72. The molecule has 0 aromatic carbocycles. The SMILES string of the molecule is Cc1cscc1C(=O)N(C)C(C)CBr. The van der Waals surface area contributed by atoms with E-state index in [1.807, 2.05) is 31.7 Å². The van der Waals surface area contributed by atoms with Gasteiger partial charge in [-0.1, -0.05) is 15.9 Å². The second-order valence-corrected chi connectivity index (χ2v) is 4.78. The number of amides is 1. The Morgan fingerprint density at radius 2 is 2.29 bits per heavy atom. The van der Waals surface area contributed by atoms with Gasteiger partial charge in [0.1, 0.15) is 0 Å². The van der Waals surface area contributed by atoms with E-state index in [1.165, 1.54) is 0 Å². The summed E-state index contributed by atoms with van der Waals surface area (Å²) in [5.74, 6) is 0.107. The third kappa shape index (κ3) is 2.36. The fourth-order valence-corrected chi connectivity index (χ4v) is 2.33. The first kappa shape index (κ1) is 11.7. The van der Waals surface area contributed by atoms with E-state index in [-0.39, 0.29) is 11.9 Å². The third-order valence-corrected chi connectivity index (χ3v) is 4.09. The molecular formula is C10H14BrNOS. The molecule has 0 aliphatic carbocycles. The van der Waals surface area contributed by atoms with E-state index < -0.39 is 0 Å². The Balaban J connectivity index is 2.81. The number of nitrogens with zero attached hydrogens (tertiary/aromatic N) is 1. The predicted octanol–water partition coefficient (Wildman–Crippen LogP) is 2.91. The van der Waals surface area contributed by atoms with Crippen LogP contribution in [0.2, 0.25) is 0 Å². The first-order chi connectivity index (χ1) is 6.57. The lowest BCUT2D eigenvalue weighted by Gasteiger charge is -2.23. The molecule has 1 amide bonds. The lowest BCUT2D eigenvalue weighted by atomic mass is 10.2. The quantitative estimate of drug-likeness (QED) is 0.777. The van der Waals surface area contributed by atoms with Crippen LogP contribution in [-0.2, 0) is 0 Å². The zero-order valence-corrected chi connectivity index (χ0v) is 11.0. The molecule has 2 nitrogen and oxygen atoms in total. The Morgan fingerprint density at radius 3 is 2.71 bits per heavy atom. The van der Waals surface area contributed by atoms with Gasteiger partial charge in [-0.2, -0.15) is 11.3 Å². The Bertz CT molecular complexity index is 324. The lowest BCUT2D eigenvalue weighted by Crippen LogP contribution is -2.36. The molecular weight excluding hydrogens is 262 g/mol. The van der Waals surface area contributed by atoms with Crippen molar-refractivity contribution < 1.29 is 4.79 Å². The number of halogens is 1. The fourth-order valence-electron chi connectivity index (χ4n) is 1.07. The van der Waals surface area contributed by atoms with Crippen LogP contribution in [0.25, 0.3) is 0 Å². The van der Waals surface area contributed by atoms with Gasteiger partial charge in [0.05, 0.1) is 5.56 Å². The maximum Gasteiger partial charge on any atom is 0.254 e. The number of alkyl halides is 1. The van der Waals surface area contributed by atoms with Gasteiger partial charge >= 0.3 is 0 Å². The van der Waals surface area contributed by atoms with Gasteiger partial charge in [-0.25, -0.2) is 0 Å². The van der Waals surface area contributed by atoms with Crippen LogP contribution in [0.3, 0.4) is 0 Å². The average Bonchev–Trinajstić information content (AvgIpc) is 2.61. The molecule has 0 N–H and O–H groups in total. The number of rotatable bonds is 3. The van der Waals surface area contributed by atoms with Gasteiger partial charge in [0, 0.05) is 23.8 Å². The summed E-state index contributed by atoms with van der Waals surface area (Å²) in [5.41, 5.74) is 1.89. The minimum absolute atomic E-state index is 0.107. The normalized spacial score (nSPS) is 12.6. The minimum atomic E-state index is 0.107. The van der Waals surface area contributed by atoms with E-state index in [0.29, 0.717) is 0 Å². The molecule has 1 aromatic heterocycles. The molecule has 1 unspecified atom stereocenters. The third-order valence-electron chi connectivity index (χ3n) is 2.29. The first-order valence-corrected chi connectivity index (χ1v) is 6.50. The number of carbonyl (C=O) groups excluding carboxylic acids is 1. The predicted molar refractivity (Wildman–Crippen MR) is 64.4 cm³/mol. The summed E-state index contributed by atoms with van der Waals surface area (Å²) in [4.78, 5) is 13.7. The van der Waals surface area contributed by atoms with Crippen LogP contribution >= 0.6 is 27.3 Å². The van der Waals surface area contributed by atoms with E-state index in [1.54, 1.807) is 16.2 Å². The molecule has 0 aliphatic rings. The molecule has 78 valence electrons. The van der Waals surface area contributed by atoms with Crippen molar-refractivity contribution in [3.8, 4) is 0 Å². The van der Waals surface area contributed by atoms with Gasteiger partial charge in [0.25, 0.3) is 5.91 Å². The maximum absolute atomic E-state index is 11.9. The molecule has 0 spiro atoms. The molecule has 1 atom stereocenters. The molecule has 0 radical (unpaired) electrons. The van der Waals surface area contributed by atoms with Gasteiger partial charge < -0.3 is 4.90 Å². The van der Waals surface area contributed by atoms with Crippen LogP contribution in [0.15, 0.2) is 10.8 Å². The number of carbonyl (C=O) groups is 1. The van der Waals surface area contributed by atoms with Crippen molar-refractivity contribution in [1.82, 2.24) is 4.90 Å².